The molecule has 1 heterocycles. The minimum atomic E-state index is -2.94. The van der Waals surface area contributed by atoms with Crippen LogP contribution >= 0.6 is 11.8 Å². The van der Waals surface area contributed by atoms with Crippen LogP contribution in [-0.2, 0) is 4.79 Å². The van der Waals surface area contributed by atoms with Crippen LogP contribution in [0.2, 0.25) is 0 Å². The number of hydrogen-bond acceptors (Lipinski definition) is 3. The quantitative estimate of drug-likeness (QED) is 0.742. The maximum Gasteiger partial charge on any atom is 0.299 e. The summed E-state index contributed by atoms with van der Waals surface area (Å²) in [6.07, 6.45) is -1.94. The van der Waals surface area contributed by atoms with Gasteiger partial charge in [0.15, 0.2) is 0 Å². The minimum Gasteiger partial charge on any atom is -0.338 e. The van der Waals surface area contributed by atoms with E-state index in [-0.39, 0.29) is 0 Å². The molecule has 1 aromatic carbocycles. The van der Waals surface area contributed by atoms with E-state index in [9.17, 15) is 13.6 Å². The van der Waals surface area contributed by atoms with Gasteiger partial charge in [-0.1, -0.05) is 23.9 Å². The Morgan fingerprint density at radius 3 is 2.75 bits per heavy atom. The number of halogens is 2. The number of anilines is 1. The van der Waals surface area contributed by atoms with Gasteiger partial charge in [0.1, 0.15) is 0 Å². The van der Waals surface area contributed by atoms with Crippen molar-refractivity contribution in [1.82, 2.24) is 0 Å². The number of carbonyl (C=O) groups excluding carboxylic acids is 1. The Balaban J connectivity index is 2.28. The molecule has 0 aromatic heterocycles. The van der Waals surface area contributed by atoms with Crippen molar-refractivity contribution in [3.05, 3.63) is 35.4 Å². The normalized spacial score (nSPS) is 17.0. The molecule has 0 aliphatic carbocycles. The first-order valence-electron chi connectivity index (χ1n) is 4.64. The molecule has 0 fully saturated rings. The zero-order valence-electron chi connectivity index (χ0n) is 8.48. The Morgan fingerprint density at radius 2 is 2.12 bits per heavy atom. The van der Waals surface area contributed by atoms with Gasteiger partial charge in [-0.05, 0) is 12.1 Å². The van der Waals surface area contributed by atoms with Crippen LogP contribution in [0, 0.1) is 0 Å². The van der Waals surface area contributed by atoms with E-state index in [2.05, 4.69) is 0 Å². The molecule has 1 aromatic rings. The zero-order valence-corrected chi connectivity index (χ0v) is 9.30. The number of fused-ring (bicyclic) bond motifs is 1. The van der Waals surface area contributed by atoms with Gasteiger partial charge < -0.3 is 4.90 Å². The first kappa shape index (κ1) is 11.1. The molecule has 0 amide bonds. The summed E-state index contributed by atoms with van der Waals surface area (Å²) in [6.45, 7) is 0. The lowest BCUT2D eigenvalue weighted by atomic mass is 10.3. The van der Waals surface area contributed by atoms with Gasteiger partial charge in [-0.2, -0.15) is 0 Å². The fourth-order valence-electron chi connectivity index (χ4n) is 1.43. The summed E-state index contributed by atoms with van der Waals surface area (Å²) in [5.41, 5.74) is 0.931. The molecule has 0 unspecified atom stereocenters. The molecule has 1 aliphatic rings. The number of nitrogens with zero attached hydrogens (tertiary/aromatic N) is 1. The average molecular weight is 241 g/mol. The van der Waals surface area contributed by atoms with Gasteiger partial charge in [0, 0.05) is 18.0 Å². The fourth-order valence-corrected chi connectivity index (χ4v) is 2.52. The molecule has 0 atom stereocenters. The van der Waals surface area contributed by atoms with Crippen molar-refractivity contribution in [3.63, 3.8) is 0 Å². The molecule has 0 spiro atoms. The monoisotopic (exact) mass is 241 g/mol. The maximum atomic E-state index is 12.1. The van der Waals surface area contributed by atoms with Crippen LogP contribution in [0.3, 0.4) is 0 Å². The minimum absolute atomic E-state index is 0.534. The van der Waals surface area contributed by atoms with Crippen LogP contribution in [-0.4, -0.2) is 19.3 Å². The van der Waals surface area contributed by atoms with Gasteiger partial charge in [-0.3, -0.25) is 4.79 Å². The summed E-state index contributed by atoms with van der Waals surface area (Å²) in [5.74, 6) is -1.15. The third-order valence-electron chi connectivity index (χ3n) is 2.25. The highest BCUT2D eigenvalue weighted by molar-refractivity contribution is 8.03. The maximum absolute atomic E-state index is 12.1. The van der Waals surface area contributed by atoms with Crippen LogP contribution in [0.4, 0.5) is 14.5 Å². The molecule has 0 saturated heterocycles. The number of alkyl halides is 2. The van der Waals surface area contributed by atoms with E-state index in [0.29, 0.717) is 5.03 Å². The largest absolute Gasteiger partial charge is 0.338 e. The lowest BCUT2D eigenvalue weighted by Crippen LogP contribution is -2.13. The Labute approximate surface area is 95.9 Å². The molecule has 0 radical (unpaired) electrons. The molecule has 16 heavy (non-hydrogen) atoms. The van der Waals surface area contributed by atoms with E-state index in [1.54, 1.807) is 11.9 Å². The van der Waals surface area contributed by atoms with Crippen molar-refractivity contribution in [2.75, 3.05) is 11.9 Å². The van der Waals surface area contributed by atoms with Crippen LogP contribution in [0.25, 0.3) is 0 Å². The second-order valence-corrected chi connectivity index (χ2v) is 4.38. The number of rotatable bonds is 2. The summed E-state index contributed by atoms with van der Waals surface area (Å²) in [4.78, 5) is 13.6. The summed E-state index contributed by atoms with van der Waals surface area (Å²) in [5, 5.41) is 0.534. The third kappa shape index (κ3) is 1.95. The van der Waals surface area contributed by atoms with Crippen LogP contribution in [0.5, 0.6) is 0 Å². The highest BCUT2D eigenvalue weighted by atomic mass is 32.2. The van der Waals surface area contributed by atoms with Gasteiger partial charge in [0.05, 0.1) is 10.7 Å². The van der Waals surface area contributed by atoms with E-state index in [4.69, 9.17) is 0 Å². The Kier molecular flexibility index (Phi) is 2.96. The van der Waals surface area contributed by atoms with Crippen molar-refractivity contribution < 1.29 is 13.6 Å². The first-order chi connectivity index (χ1) is 7.59. The SMILES string of the molecule is CN1C(=CC(=O)C(F)F)Sc2ccccc21. The molecular formula is C11H9F2NOS. The number of hydrogen-bond donors (Lipinski definition) is 0. The Hall–Kier alpha value is -1.36. The molecule has 5 heteroatoms. The molecule has 0 N–H and O–H groups in total. The third-order valence-corrected chi connectivity index (χ3v) is 3.42. The van der Waals surface area contributed by atoms with E-state index in [1.165, 1.54) is 11.8 Å². The smallest absolute Gasteiger partial charge is 0.299 e. The number of carbonyl (C=O) groups is 1. The molecule has 84 valence electrons. The average Bonchev–Trinajstić information content (AvgIpc) is 2.56. The number of benzene rings is 1. The van der Waals surface area contributed by atoms with Gasteiger partial charge in [0.25, 0.3) is 6.43 Å². The van der Waals surface area contributed by atoms with E-state index < -0.39 is 12.2 Å². The van der Waals surface area contributed by atoms with Gasteiger partial charge in [-0.15, -0.1) is 0 Å². The summed E-state index contributed by atoms with van der Waals surface area (Å²) < 4.78 is 24.2. The Morgan fingerprint density at radius 1 is 1.44 bits per heavy atom. The fraction of sp³-hybridized carbons (Fsp3) is 0.182. The Bertz CT molecular complexity index is 459. The number of allylic oxidation sites excluding steroid dienone is 1. The van der Waals surface area contributed by atoms with Crippen LogP contribution < -0.4 is 4.90 Å². The molecule has 2 rings (SSSR count). The second kappa shape index (κ2) is 4.25. The van der Waals surface area contributed by atoms with E-state index in [0.717, 1.165) is 16.7 Å². The number of para-hydroxylation sites is 1. The van der Waals surface area contributed by atoms with Crippen molar-refractivity contribution >= 4 is 23.2 Å². The van der Waals surface area contributed by atoms with Crippen LogP contribution in [0.1, 0.15) is 0 Å². The highest BCUT2D eigenvalue weighted by Gasteiger charge is 2.23. The van der Waals surface area contributed by atoms with Gasteiger partial charge in [-0.25, -0.2) is 8.78 Å². The summed E-state index contributed by atoms with van der Waals surface area (Å²) in [6, 6.07) is 7.52. The predicted molar refractivity (Wildman–Crippen MR) is 59.8 cm³/mol. The van der Waals surface area contributed by atoms with Crippen molar-refractivity contribution in [1.29, 1.82) is 0 Å². The number of thioether (sulfide) groups is 1. The molecule has 0 saturated carbocycles. The standard InChI is InChI=1S/C11H9F2NOS/c1-14-7-4-2-3-5-9(7)16-10(14)6-8(15)11(12)13/h2-6,11H,1H3. The van der Waals surface area contributed by atoms with E-state index >= 15 is 0 Å². The molecule has 2 nitrogen and oxygen atoms in total. The zero-order chi connectivity index (χ0) is 11.7. The van der Waals surface area contributed by atoms with Crippen molar-refractivity contribution in [3.8, 4) is 0 Å². The lowest BCUT2D eigenvalue weighted by Gasteiger charge is -2.12. The number of ketones is 1. The van der Waals surface area contributed by atoms with Crippen LogP contribution in [0.15, 0.2) is 40.3 Å². The molecular weight excluding hydrogens is 232 g/mol. The molecule has 1 aliphatic heterocycles. The predicted octanol–water partition coefficient (Wildman–Crippen LogP) is 2.90. The van der Waals surface area contributed by atoms with E-state index in [1.807, 2.05) is 24.3 Å². The van der Waals surface area contributed by atoms with Crippen molar-refractivity contribution in [2.24, 2.45) is 0 Å². The first-order valence-corrected chi connectivity index (χ1v) is 5.45. The lowest BCUT2D eigenvalue weighted by molar-refractivity contribution is -0.124. The van der Waals surface area contributed by atoms with Gasteiger partial charge >= 0.3 is 0 Å². The molecule has 0 bridgehead atoms. The topological polar surface area (TPSA) is 20.3 Å². The van der Waals surface area contributed by atoms with Gasteiger partial charge in [0.2, 0.25) is 5.78 Å². The highest BCUT2D eigenvalue weighted by Crippen LogP contribution is 2.44. The van der Waals surface area contributed by atoms with Crippen molar-refractivity contribution in [2.45, 2.75) is 11.3 Å². The summed E-state index contributed by atoms with van der Waals surface area (Å²) >= 11 is 1.32. The second-order valence-electron chi connectivity index (χ2n) is 3.31. The summed E-state index contributed by atoms with van der Waals surface area (Å²) in [7, 11) is 1.75.